The maximum Gasteiger partial charge on any atom is 0.121 e. The van der Waals surface area contributed by atoms with Gasteiger partial charge in [0.2, 0.25) is 0 Å². The lowest BCUT2D eigenvalue weighted by atomic mass is 10.1. The molecule has 0 radical (unpaired) electrons. The summed E-state index contributed by atoms with van der Waals surface area (Å²) in [5.41, 5.74) is 3.01. The Bertz CT molecular complexity index is 709. The van der Waals surface area contributed by atoms with Crippen molar-refractivity contribution in [3.63, 3.8) is 0 Å². The Kier molecular flexibility index (Phi) is 2.15. The van der Waals surface area contributed by atoms with E-state index in [1.54, 1.807) is 12.1 Å². The molecule has 0 aliphatic rings. The van der Waals surface area contributed by atoms with Crippen LogP contribution in [0.3, 0.4) is 0 Å². The Hall–Kier alpha value is -2.22. The van der Waals surface area contributed by atoms with Gasteiger partial charge < -0.3 is 10.1 Å². The van der Waals surface area contributed by atoms with Crippen LogP contribution in [0.1, 0.15) is 5.56 Å². The summed E-state index contributed by atoms with van der Waals surface area (Å²) in [5.74, 6) is 0.323. The van der Waals surface area contributed by atoms with Gasteiger partial charge in [-0.25, -0.2) is 0 Å². The van der Waals surface area contributed by atoms with Gasteiger partial charge in [-0.2, -0.15) is 0 Å². The molecular weight excluding hydrogens is 210 g/mol. The number of aromatic nitrogens is 1. The highest BCUT2D eigenvalue weighted by molar-refractivity contribution is 6.08. The van der Waals surface area contributed by atoms with E-state index >= 15 is 0 Å². The van der Waals surface area contributed by atoms with Gasteiger partial charge in [0.05, 0.1) is 5.52 Å². The van der Waals surface area contributed by atoms with E-state index in [1.807, 2.05) is 24.3 Å². The maximum atomic E-state index is 9.90. The molecule has 2 N–H and O–H groups in total. The summed E-state index contributed by atoms with van der Waals surface area (Å²) in [6.45, 7) is 3.73. The molecule has 0 aliphatic heterocycles. The summed E-state index contributed by atoms with van der Waals surface area (Å²) >= 11 is 0. The third-order valence-electron chi connectivity index (χ3n) is 3.11. The molecule has 1 heterocycles. The van der Waals surface area contributed by atoms with E-state index in [-0.39, 0.29) is 0 Å². The predicted octanol–water partition coefficient (Wildman–Crippen LogP) is 3.76. The van der Waals surface area contributed by atoms with Crippen molar-refractivity contribution in [2.24, 2.45) is 0 Å². The van der Waals surface area contributed by atoms with Crippen LogP contribution in [0.2, 0.25) is 0 Å². The number of H-pyrrole nitrogens is 1. The summed E-state index contributed by atoms with van der Waals surface area (Å²) in [7, 11) is 0. The molecule has 17 heavy (non-hydrogen) atoms. The first-order valence-electron chi connectivity index (χ1n) is 5.63. The second-order valence-corrected chi connectivity index (χ2v) is 4.15. The van der Waals surface area contributed by atoms with Crippen LogP contribution in [-0.4, -0.2) is 10.1 Å². The molecule has 0 bridgehead atoms. The Morgan fingerprint density at radius 1 is 1.12 bits per heavy atom. The highest BCUT2D eigenvalue weighted by Crippen LogP contribution is 2.32. The first kappa shape index (κ1) is 9.97. The van der Waals surface area contributed by atoms with Crippen LogP contribution >= 0.6 is 0 Å². The number of nitrogens with one attached hydrogen (secondary N) is 1. The summed E-state index contributed by atoms with van der Waals surface area (Å²) < 4.78 is 0. The Morgan fingerprint density at radius 3 is 2.76 bits per heavy atom. The monoisotopic (exact) mass is 223 g/mol. The summed E-state index contributed by atoms with van der Waals surface area (Å²) in [4.78, 5) is 3.36. The normalized spacial score (nSPS) is 11.1. The number of rotatable bonds is 2. The quantitative estimate of drug-likeness (QED) is 0.638. The average molecular weight is 223 g/mol. The number of allylic oxidation sites excluding steroid dienone is 1. The van der Waals surface area contributed by atoms with Crippen molar-refractivity contribution >= 4 is 21.8 Å². The van der Waals surface area contributed by atoms with Gasteiger partial charge in [-0.15, -0.1) is 6.58 Å². The SMILES string of the molecule is C=CCc1c(O)ccc2c1[nH]c1ccccc12. The first-order valence-corrected chi connectivity index (χ1v) is 5.63. The number of benzene rings is 2. The van der Waals surface area contributed by atoms with Crippen LogP contribution in [0.25, 0.3) is 21.8 Å². The van der Waals surface area contributed by atoms with Crippen molar-refractivity contribution in [1.82, 2.24) is 4.98 Å². The van der Waals surface area contributed by atoms with E-state index < -0.39 is 0 Å². The minimum Gasteiger partial charge on any atom is -0.508 e. The number of aromatic amines is 1. The summed E-state index contributed by atoms with van der Waals surface area (Å²) in [6, 6.07) is 11.9. The second-order valence-electron chi connectivity index (χ2n) is 4.15. The van der Waals surface area contributed by atoms with Gasteiger partial charge in [-0.3, -0.25) is 0 Å². The van der Waals surface area contributed by atoms with Crippen LogP contribution < -0.4 is 0 Å². The molecule has 0 spiro atoms. The topological polar surface area (TPSA) is 36.0 Å². The molecule has 0 aliphatic carbocycles. The number of hydrogen-bond acceptors (Lipinski definition) is 1. The van der Waals surface area contributed by atoms with E-state index in [4.69, 9.17) is 0 Å². The minimum absolute atomic E-state index is 0.323. The predicted molar refractivity (Wildman–Crippen MR) is 71.4 cm³/mol. The number of para-hydroxylation sites is 1. The number of phenols is 1. The lowest BCUT2D eigenvalue weighted by Gasteiger charge is -2.03. The molecule has 0 unspecified atom stereocenters. The van der Waals surface area contributed by atoms with Crippen LogP contribution in [0, 0.1) is 0 Å². The van der Waals surface area contributed by atoms with Gasteiger partial charge in [0.25, 0.3) is 0 Å². The lowest BCUT2D eigenvalue weighted by molar-refractivity contribution is 0.471. The van der Waals surface area contributed by atoms with Crippen LogP contribution in [0.15, 0.2) is 49.1 Å². The third kappa shape index (κ3) is 1.41. The van der Waals surface area contributed by atoms with Crippen molar-refractivity contribution in [3.8, 4) is 5.75 Å². The Morgan fingerprint density at radius 2 is 1.94 bits per heavy atom. The maximum absolute atomic E-state index is 9.90. The lowest BCUT2D eigenvalue weighted by Crippen LogP contribution is -1.84. The standard InChI is InChI=1S/C15H13NO/c1-2-5-12-14(17)9-8-11-10-6-3-4-7-13(10)16-15(11)12/h2-4,6-9,16-17H,1,5H2. The van der Waals surface area contributed by atoms with Crippen molar-refractivity contribution in [1.29, 1.82) is 0 Å². The zero-order valence-corrected chi connectivity index (χ0v) is 9.40. The van der Waals surface area contributed by atoms with Gasteiger partial charge in [0.15, 0.2) is 0 Å². The van der Waals surface area contributed by atoms with Crippen molar-refractivity contribution in [2.75, 3.05) is 0 Å². The van der Waals surface area contributed by atoms with Crippen LogP contribution in [0.4, 0.5) is 0 Å². The largest absolute Gasteiger partial charge is 0.508 e. The highest BCUT2D eigenvalue weighted by Gasteiger charge is 2.10. The molecule has 2 nitrogen and oxygen atoms in total. The Balaban J connectivity index is 2.46. The van der Waals surface area contributed by atoms with Gasteiger partial charge in [0.1, 0.15) is 5.75 Å². The smallest absolute Gasteiger partial charge is 0.121 e. The molecule has 2 heteroatoms. The molecule has 1 aromatic heterocycles. The second kappa shape index (κ2) is 3.67. The van der Waals surface area contributed by atoms with E-state index in [0.717, 1.165) is 22.0 Å². The molecule has 2 aromatic carbocycles. The Labute approximate surface area is 99.2 Å². The molecule has 0 atom stereocenters. The summed E-state index contributed by atoms with van der Waals surface area (Å²) in [5, 5.41) is 12.2. The number of aromatic hydroxyl groups is 1. The van der Waals surface area contributed by atoms with Crippen LogP contribution in [-0.2, 0) is 6.42 Å². The van der Waals surface area contributed by atoms with Gasteiger partial charge in [-0.05, 0) is 24.6 Å². The molecule has 3 rings (SSSR count). The van der Waals surface area contributed by atoms with E-state index in [2.05, 4.69) is 17.6 Å². The van der Waals surface area contributed by atoms with Gasteiger partial charge in [-0.1, -0.05) is 24.3 Å². The zero-order valence-electron chi connectivity index (χ0n) is 9.40. The molecule has 0 fully saturated rings. The zero-order chi connectivity index (χ0) is 11.8. The van der Waals surface area contributed by atoms with Crippen molar-refractivity contribution in [2.45, 2.75) is 6.42 Å². The summed E-state index contributed by atoms with van der Waals surface area (Å²) in [6.07, 6.45) is 2.47. The molecule has 0 saturated carbocycles. The molecule has 3 aromatic rings. The third-order valence-corrected chi connectivity index (χ3v) is 3.11. The molecule has 0 amide bonds. The number of phenolic OH excluding ortho intramolecular Hbond substituents is 1. The van der Waals surface area contributed by atoms with E-state index in [9.17, 15) is 5.11 Å². The fourth-order valence-electron chi connectivity index (χ4n) is 2.32. The van der Waals surface area contributed by atoms with Gasteiger partial charge >= 0.3 is 0 Å². The molecule has 84 valence electrons. The van der Waals surface area contributed by atoms with E-state index in [0.29, 0.717) is 12.2 Å². The van der Waals surface area contributed by atoms with Gasteiger partial charge in [0, 0.05) is 21.9 Å². The fraction of sp³-hybridized carbons (Fsp3) is 0.0667. The van der Waals surface area contributed by atoms with Crippen molar-refractivity contribution in [3.05, 3.63) is 54.6 Å². The average Bonchev–Trinajstić information content (AvgIpc) is 2.72. The van der Waals surface area contributed by atoms with Crippen LogP contribution in [0.5, 0.6) is 5.75 Å². The fourth-order valence-corrected chi connectivity index (χ4v) is 2.32. The van der Waals surface area contributed by atoms with Crippen molar-refractivity contribution < 1.29 is 5.11 Å². The highest BCUT2D eigenvalue weighted by atomic mass is 16.3. The molecular formula is C15H13NO. The number of fused-ring (bicyclic) bond motifs is 3. The number of hydrogen-bond donors (Lipinski definition) is 2. The first-order chi connectivity index (χ1) is 8.31. The van der Waals surface area contributed by atoms with E-state index in [1.165, 1.54) is 5.39 Å². The minimum atomic E-state index is 0.323. The molecule has 0 saturated heterocycles.